The summed E-state index contributed by atoms with van der Waals surface area (Å²) in [4.78, 5) is 16.0. The van der Waals surface area contributed by atoms with E-state index < -0.39 is 5.41 Å². The number of hydrogen-bond donors (Lipinski definition) is 0. The molecule has 6 heteroatoms. The van der Waals surface area contributed by atoms with Gasteiger partial charge in [-0.2, -0.15) is 9.97 Å². The zero-order valence-electron chi connectivity index (χ0n) is 34.1. The van der Waals surface area contributed by atoms with Crippen molar-refractivity contribution in [2.45, 2.75) is 5.41 Å². The van der Waals surface area contributed by atoms with Crippen LogP contribution in [0.4, 0.5) is 0 Å². The van der Waals surface area contributed by atoms with Gasteiger partial charge in [0.1, 0.15) is 22.3 Å². The maximum atomic E-state index is 6.40. The molecule has 6 nitrogen and oxygen atoms in total. The second kappa shape index (κ2) is 12.3. The molecule has 9 aromatic carbocycles. The highest BCUT2D eigenvalue weighted by Crippen LogP contribution is 2.63. The topological polar surface area (TPSA) is 69.9 Å². The molecule has 2 aliphatic carbocycles. The van der Waals surface area contributed by atoms with Crippen molar-refractivity contribution in [3.8, 4) is 51.0 Å². The van der Waals surface area contributed by atoms with E-state index in [9.17, 15) is 0 Å². The third-order valence-corrected chi connectivity index (χ3v) is 13.9. The minimum Gasteiger partial charge on any atom is -0.456 e. The average molecular weight is 817 g/mol. The number of nitrogens with zero attached hydrogens (tertiary/aromatic N) is 4. The van der Waals surface area contributed by atoms with Crippen LogP contribution < -0.4 is 0 Å². The van der Waals surface area contributed by atoms with E-state index in [-0.39, 0.29) is 0 Å². The summed E-state index contributed by atoms with van der Waals surface area (Å²) < 4.78 is 15.0. The molecule has 4 aromatic heterocycles. The summed E-state index contributed by atoms with van der Waals surface area (Å²) in [5, 5.41) is 6.50. The predicted molar refractivity (Wildman–Crippen MR) is 256 cm³/mol. The van der Waals surface area contributed by atoms with Crippen molar-refractivity contribution in [3.63, 3.8) is 0 Å². The standard InChI is InChI=1S/C58H32N4O2/c1-7-19-45-35(13-1)36-14-2-8-20-46(36)58(45)47-21-9-3-15-37(47)43-31-44-38-16-4-10-22-49(38)62(50(44)32-48(43)58)57-60-55(33-25-27-41-39-17-5-11-23-51(39)63-53(41)29-33)59-56(61-57)34-26-28-42-40-18-6-12-24-52(40)64-54(42)30-34/h1-32H. The number of para-hydroxylation sites is 3. The summed E-state index contributed by atoms with van der Waals surface area (Å²) in [5.74, 6) is 1.61. The third kappa shape index (κ3) is 4.36. The summed E-state index contributed by atoms with van der Waals surface area (Å²) in [7, 11) is 0. The Labute approximate surface area is 365 Å². The fraction of sp³-hybridized carbons (Fsp3) is 0.0172. The molecule has 0 amide bonds. The van der Waals surface area contributed by atoms with Crippen LogP contribution in [0.2, 0.25) is 0 Å². The van der Waals surface area contributed by atoms with Gasteiger partial charge in [0.25, 0.3) is 0 Å². The lowest BCUT2D eigenvalue weighted by molar-refractivity contribution is 0.668. The molecule has 0 saturated carbocycles. The van der Waals surface area contributed by atoms with Crippen LogP contribution in [0.1, 0.15) is 22.3 Å². The van der Waals surface area contributed by atoms with Crippen LogP contribution in [-0.2, 0) is 5.41 Å². The second-order valence-corrected chi connectivity index (χ2v) is 17.1. The molecule has 13 aromatic rings. The molecule has 0 atom stereocenters. The molecule has 0 fully saturated rings. The first-order valence-electron chi connectivity index (χ1n) is 21.7. The van der Waals surface area contributed by atoms with Crippen molar-refractivity contribution in [1.29, 1.82) is 0 Å². The minimum absolute atomic E-state index is 0.506. The van der Waals surface area contributed by atoms with Crippen LogP contribution >= 0.6 is 0 Å². The number of benzene rings is 9. The first-order chi connectivity index (χ1) is 31.7. The smallest absolute Gasteiger partial charge is 0.238 e. The summed E-state index contributed by atoms with van der Waals surface area (Å²) in [6.45, 7) is 0. The van der Waals surface area contributed by atoms with Crippen LogP contribution in [0.3, 0.4) is 0 Å². The lowest BCUT2D eigenvalue weighted by Crippen LogP contribution is -2.25. The molecule has 1 spiro atoms. The van der Waals surface area contributed by atoms with Gasteiger partial charge in [-0.25, -0.2) is 4.98 Å². The van der Waals surface area contributed by atoms with Gasteiger partial charge in [-0.1, -0.05) is 140 Å². The summed E-state index contributed by atoms with van der Waals surface area (Å²) in [5.41, 5.74) is 16.6. The van der Waals surface area contributed by atoms with Crippen molar-refractivity contribution in [1.82, 2.24) is 19.5 Å². The van der Waals surface area contributed by atoms with Crippen molar-refractivity contribution in [2.24, 2.45) is 0 Å². The number of furan rings is 2. The molecule has 0 saturated heterocycles. The van der Waals surface area contributed by atoms with Gasteiger partial charge in [0.15, 0.2) is 11.6 Å². The Morgan fingerprint density at radius 3 is 1.38 bits per heavy atom. The Morgan fingerprint density at radius 2 is 0.797 bits per heavy atom. The molecule has 64 heavy (non-hydrogen) atoms. The van der Waals surface area contributed by atoms with E-state index in [0.717, 1.165) is 76.8 Å². The highest BCUT2D eigenvalue weighted by Gasteiger charge is 2.51. The zero-order valence-corrected chi connectivity index (χ0v) is 34.1. The monoisotopic (exact) mass is 816 g/mol. The molecule has 296 valence electrons. The van der Waals surface area contributed by atoms with Crippen LogP contribution in [0.5, 0.6) is 0 Å². The van der Waals surface area contributed by atoms with Crippen LogP contribution in [-0.4, -0.2) is 19.5 Å². The van der Waals surface area contributed by atoms with E-state index in [1.54, 1.807) is 0 Å². The average Bonchev–Trinajstić information content (AvgIpc) is 4.14. The summed E-state index contributed by atoms with van der Waals surface area (Å²) in [6, 6.07) is 69.1. The maximum absolute atomic E-state index is 6.40. The molecule has 4 heterocycles. The molecule has 15 rings (SSSR count). The zero-order chi connectivity index (χ0) is 41.7. The fourth-order valence-corrected chi connectivity index (χ4v) is 11.2. The second-order valence-electron chi connectivity index (χ2n) is 17.1. The molecular formula is C58H32N4O2. The van der Waals surface area contributed by atoms with Gasteiger partial charge < -0.3 is 8.83 Å². The van der Waals surface area contributed by atoms with E-state index in [1.807, 2.05) is 36.4 Å². The number of aromatic nitrogens is 4. The summed E-state index contributed by atoms with van der Waals surface area (Å²) in [6.07, 6.45) is 0. The molecular weight excluding hydrogens is 785 g/mol. The van der Waals surface area contributed by atoms with Crippen LogP contribution in [0.15, 0.2) is 203 Å². The fourth-order valence-electron chi connectivity index (χ4n) is 11.2. The first kappa shape index (κ1) is 34.0. The van der Waals surface area contributed by atoms with Crippen molar-refractivity contribution in [2.75, 3.05) is 0 Å². The van der Waals surface area contributed by atoms with Gasteiger partial charge in [0.05, 0.1) is 16.4 Å². The molecule has 0 unspecified atom stereocenters. The number of rotatable bonds is 3. The van der Waals surface area contributed by atoms with E-state index >= 15 is 0 Å². The Hall–Kier alpha value is -8.61. The van der Waals surface area contributed by atoms with Gasteiger partial charge in [0.2, 0.25) is 5.95 Å². The Bertz CT molecular complexity index is 3990. The van der Waals surface area contributed by atoms with Crippen LogP contribution in [0.25, 0.3) is 117 Å². The van der Waals surface area contributed by atoms with E-state index in [2.05, 4.69) is 162 Å². The third-order valence-electron chi connectivity index (χ3n) is 13.9. The molecule has 0 N–H and O–H groups in total. The molecule has 0 bridgehead atoms. The molecule has 0 aliphatic heterocycles. The number of hydrogen-bond acceptors (Lipinski definition) is 5. The highest BCUT2D eigenvalue weighted by atomic mass is 16.3. The maximum Gasteiger partial charge on any atom is 0.238 e. The lowest BCUT2D eigenvalue weighted by Gasteiger charge is -2.30. The van der Waals surface area contributed by atoms with Crippen molar-refractivity contribution >= 4 is 65.7 Å². The largest absolute Gasteiger partial charge is 0.456 e. The number of fused-ring (bicyclic) bond motifs is 19. The van der Waals surface area contributed by atoms with Crippen molar-refractivity contribution in [3.05, 3.63) is 216 Å². The Morgan fingerprint density at radius 1 is 0.328 bits per heavy atom. The van der Waals surface area contributed by atoms with Gasteiger partial charge >= 0.3 is 0 Å². The summed E-state index contributed by atoms with van der Waals surface area (Å²) >= 11 is 0. The molecule has 0 radical (unpaired) electrons. The predicted octanol–water partition coefficient (Wildman–Crippen LogP) is 14.4. The Balaban J connectivity index is 1.03. The normalized spacial score (nSPS) is 13.4. The van der Waals surface area contributed by atoms with E-state index in [0.29, 0.717) is 17.6 Å². The van der Waals surface area contributed by atoms with E-state index in [1.165, 1.54) is 44.5 Å². The highest BCUT2D eigenvalue weighted by molar-refractivity contribution is 6.13. The van der Waals surface area contributed by atoms with Gasteiger partial charge in [-0.15, -0.1) is 0 Å². The SMILES string of the molecule is c1ccc2c(c1)-c1ccccc1C21c2ccccc2-c2cc3c4ccccc4n(-c4nc(-c5ccc6c(c5)oc5ccccc56)nc(-c5ccc6c(c5)oc5ccccc56)n4)c3cc21. The Kier molecular flexibility index (Phi) is 6.53. The van der Waals surface area contributed by atoms with Gasteiger partial charge in [0, 0.05) is 43.4 Å². The van der Waals surface area contributed by atoms with E-state index in [4.69, 9.17) is 23.8 Å². The quantitative estimate of drug-likeness (QED) is 0.178. The molecule has 2 aliphatic rings. The van der Waals surface area contributed by atoms with Crippen molar-refractivity contribution < 1.29 is 8.83 Å². The lowest BCUT2D eigenvalue weighted by atomic mass is 9.70. The first-order valence-corrected chi connectivity index (χ1v) is 21.7. The van der Waals surface area contributed by atoms with Gasteiger partial charge in [-0.05, 0) is 99.1 Å². The van der Waals surface area contributed by atoms with Crippen LogP contribution in [0, 0.1) is 0 Å². The minimum atomic E-state index is -0.506. The van der Waals surface area contributed by atoms with Gasteiger partial charge in [-0.3, -0.25) is 4.57 Å².